The molecule has 0 aromatic heterocycles. The largest absolute Gasteiger partial charge is 0.480 e. The van der Waals surface area contributed by atoms with Crippen LogP contribution in [0.2, 0.25) is 0 Å². The van der Waals surface area contributed by atoms with Gasteiger partial charge in [-0.2, -0.15) is 0 Å². The summed E-state index contributed by atoms with van der Waals surface area (Å²) in [6.07, 6.45) is 0.0552. The zero-order chi connectivity index (χ0) is 30.6. The molecule has 0 radical (unpaired) electrons. The van der Waals surface area contributed by atoms with Gasteiger partial charge in [-0.15, -0.1) is 0 Å². The molecule has 5 atom stereocenters. The number of hydrogen-bond acceptors (Lipinski definition) is 9. The number of nitrogens with two attached hydrogens (primary N) is 3. The highest BCUT2D eigenvalue weighted by molar-refractivity contribution is 5.98. The minimum absolute atomic E-state index is 0.137. The van der Waals surface area contributed by atoms with Crippen LogP contribution in [0, 0.1) is 5.92 Å². The van der Waals surface area contributed by atoms with Crippen molar-refractivity contribution in [1.29, 1.82) is 0 Å². The number of nitrogens with one attached hydrogen (secondary N) is 4. The van der Waals surface area contributed by atoms with Crippen molar-refractivity contribution in [2.24, 2.45) is 23.1 Å². The summed E-state index contributed by atoms with van der Waals surface area (Å²) in [5, 5.41) is 17.3. The Bertz CT molecular complexity index is 1000. The lowest BCUT2D eigenvalue weighted by molar-refractivity contribution is -0.141. The summed E-state index contributed by atoms with van der Waals surface area (Å²) >= 11 is 0. The number of nitrogens with zero attached hydrogens (tertiary/aromatic N) is 1. The molecule has 1 aliphatic heterocycles. The van der Waals surface area contributed by atoms with Gasteiger partial charge in [-0.05, 0) is 18.8 Å². The van der Waals surface area contributed by atoms with Crippen molar-refractivity contribution in [1.82, 2.24) is 26.2 Å². The predicted octanol–water partition coefficient (Wildman–Crippen LogP) is -4.61. The Kier molecular flexibility index (Phi) is 13.5. The number of carbonyl (C=O) groups excluding carboxylic acids is 7. The van der Waals surface area contributed by atoms with Gasteiger partial charge in [0.1, 0.15) is 24.7 Å². The van der Waals surface area contributed by atoms with Crippen molar-refractivity contribution in [3.8, 4) is 0 Å². The molecule has 7 amide bonds. The van der Waals surface area contributed by atoms with Crippen LogP contribution in [0.15, 0.2) is 0 Å². The highest BCUT2D eigenvalue weighted by atomic mass is 16.4. The number of rotatable bonds is 16. The van der Waals surface area contributed by atoms with Crippen molar-refractivity contribution < 1.29 is 43.5 Å². The molecule has 1 saturated heterocycles. The highest BCUT2D eigenvalue weighted by Gasteiger charge is 2.39. The normalized spacial score (nSPS) is 17.5. The Morgan fingerprint density at radius 1 is 0.900 bits per heavy atom. The van der Waals surface area contributed by atoms with Crippen LogP contribution < -0.4 is 38.5 Å². The van der Waals surface area contributed by atoms with Crippen molar-refractivity contribution in [3.05, 3.63) is 0 Å². The molecule has 224 valence electrons. The van der Waals surface area contributed by atoms with Gasteiger partial charge in [0, 0.05) is 6.54 Å². The third-order valence-corrected chi connectivity index (χ3v) is 6.32. The summed E-state index contributed by atoms with van der Waals surface area (Å²) in [5.74, 6) is -7.52. The first-order valence-corrected chi connectivity index (χ1v) is 12.7. The molecule has 1 aliphatic rings. The molecular weight excluding hydrogens is 532 g/mol. The summed E-state index contributed by atoms with van der Waals surface area (Å²) in [7, 11) is 0. The monoisotopic (exact) mass is 570 g/mol. The SMILES string of the molecule is CC[C@H](C)[C@H](N)C(=O)N1CCC[C@H]1C(=O)N[C@@H](CC(N)=O)C(=O)N[C@@H](CC(N)=O)C(=O)NCC(=O)NCC(=O)O. The molecule has 40 heavy (non-hydrogen) atoms. The molecule has 11 N–H and O–H groups in total. The highest BCUT2D eigenvalue weighted by Crippen LogP contribution is 2.21. The van der Waals surface area contributed by atoms with Crippen LogP contribution in [0.5, 0.6) is 0 Å². The van der Waals surface area contributed by atoms with Crippen LogP contribution >= 0.6 is 0 Å². The predicted molar refractivity (Wildman–Crippen MR) is 137 cm³/mol. The Morgan fingerprint density at radius 2 is 1.48 bits per heavy atom. The molecule has 1 fully saturated rings. The van der Waals surface area contributed by atoms with Crippen molar-refractivity contribution in [2.45, 2.75) is 70.1 Å². The minimum Gasteiger partial charge on any atom is -0.480 e. The third-order valence-electron chi connectivity index (χ3n) is 6.32. The van der Waals surface area contributed by atoms with E-state index in [4.69, 9.17) is 22.3 Å². The number of carboxylic acid groups (broad SMARTS) is 1. The molecule has 0 bridgehead atoms. The Morgan fingerprint density at radius 3 is 2.00 bits per heavy atom. The fourth-order valence-electron chi connectivity index (χ4n) is 3.88. The van der Waals surface area contributed by atoms with Crippen molar-refractivity contribution >= 4 is 47.3 Å². The van der Waals surface area contributed by atoms with E-state index in [1.807, 2.05) is 19.2 Å². The average Bonchev–Trinajstić information content (AvgIpc) is 3.37. The van der Waals surface area contributed by atoms with Crippen LogP contribution in [-0.4, -0.2) is 101 Å². The van der Waals surface area contributed by atoms with Gasteiger partial charge in [0.05, 0.1) is 25.4 Å². The third kappa shape index (κ3) is 10.8. The lowest BCUT2D eigenvalue weighted by Crippen LogP contribution is -2.59. The minimum atomic E-state index is -1.61. The molecule has 0 saturated carbocycles. The second-order valence-electron chi connectivity index (χ2n) is 9.45. The molecular formula is C23H38N8O9. The smallest absolute Gasteiger partial charge is 0.322 e. The molecule has 1 heterocycles. The molecule has 1 rings (SSSR count). The summed E-state index contributed by atoms with van der Waals surface area (Å²) in [4.78, 5) is 98.1. The Balaban J connectivity index is 2.97. The molecule has 17 nitrogen and oxygen atoms in total. The molecule has 17 heteroatoms. The molecule has 0 aliphatic carbocycles. The molecule has 0 aromatic carbocycles. The molecule has 0 unspecified atom stereocenters. The number of amides is 7. The van der Waals surface area contributed by atoms with Gasteiger partial charge in [0.15, 0.2) is 0 Å². The maximum Gasteiger partial charge on any atom is 0.322 e. The molecule has 0 spiro atoms. The van der Waals surface area contributed by atoms with Crippen LogP contribution in [0.3, 0.4) is 0 Å². The van der Waals surface area contributed by atoms with Gasteiger partial charge in [-0.3, -0.25) is 38.4 Å². The lowest BCUT2D eigenvalue weighted by atomic mass is 9.98. The fourth-order valence-corrected chi connectivity index (χ4v) is 3.88. The van der Waals surface area contributed by atoms with E-state index in [9.17, 15) is 38.4 Å². The van der Waals surface area contributed by atoms with Crippen LogP contribution in [0.4, 0.5) is 0 Å². The summed E-state index contributed by atoms with van der Waals surface area (Å²) in [6.45, 7) is 2.58. The number of aliphatic carboxylic acids is 1. The van der Waals surface area contributed by atoms with E-state index in [-0.39, 0.29) is 18.9 Å². The van der Waals surface area contributed by atoms with E-state index in [0.717, 1.165) is 0 Å². The average molecular weight is 571 g/mol. The Hall–Kier alpha value is -4.28. The maximum absolute atomic E-state index is 13.1. The number of carboxylic acids is 1. The van der Waals surface area contributed by atoms with E-state index in [2.05, 4.69) is 16.0 Å². The first-order chi connectivity index (χ1) is 18.7. The van der Waals surface area contributed by atoms with E-state index in [1.54, 1.807) is 0 Å². The van der Waals surface area contributed by atoms with E-state index in [1.165, 1.54) is 4.90 Å². The quantitative estimate of drug-likeness (QED) is 0.0878. The number of likely N-dealkylation sites (tertiary alicyclic amines) is 1. The maximum atomic E-state index is 13.1. The van der Waals surface area contributed by atoms with Gasteiger partial charge in [0.2, 0.25) is 41.4 Å². The number of carbonyl (C=O) groups is 8. The second kappa shape index (κ2) is 16.0. The summed E-state index contributed by atoms with van der Waals surface area (Å²) in [6, 6.07) is -4.97. The van der Waals surface area contributed by atoms with Crippen LogP contribution in [-0.2, 0) is 38.4 Å². The number of primary amides is 2. The summed E-state index contributed by atoms with van der Waals surface area (Å²) in [5.41, 5.74) is 16.4. The molecule has 0 aromatic rings. The van der Waals surface area contributed by atoms with Crippen molar-refractivity contribution in [2.75, 3.05) is 19.6 Å². The van der Waals surface area contributed by atoms with Crippen LogP contribution in [0.25, 0.3) is 0 Å². The van der Waals surface area contributed by atoms with Gasteiger partial charge in [0.25, 0.3) is 0 Å². The second-order valence-corrected chi connectivity index (χ2v) is 9.45. The number of hydrogen-bond donors (Lipinski definition) is 8. The standard InChI is InChI=1S/C23H38N8O9/c1-3-11(2)19(26)23(40)31-6-4-5-14(31)22(39)30-13(8-16(25)33)21(38)29-12(7-15(24)32)20(37)28-9-17(34)27-10-18(35)36/h11-14,19H,3-10,26H2,1-2H3,(H2,24,32)(H2,25,33)(H,27,34)(H,28,37)(H,29,38)(H,30,39)(H,35,36)/t11-,12-,13-,14-,19-/m0/s1. The first-order valence-electron chi connectivity index (χ1n) is 12.7. The van der Waals surface area contributed by atoms with E-state index < -0.39 is 97.4 Å². The van der Waals surface area contributed by atoms with E-state index in [0.29, 0.717) is 12.8 Å². The van der Waals surface area contributed by atoms with Gasteiger partial charge >= 0.3 is 5.97 Å². The van der Waals surface area contributed by atoms with Gasteiger partial charge < -0.3 is 48.5 Å². The summed E-state index contributed by atoms with van der Waals surface area (Å²) < 4.78 is 0. The fraction of sp³-hybridized carbons (Fsp3) is 0.652. The van der Waals surface area contributed by atoms with Crippen molar-refractivity contribution in [3.63, 3.8) is 0 Å². The van der Waals surface area contributed by atoms with Crippen LogP contribution in [0.1, 0.15) is 46.0 Å². The van der Waals surface area contributed by atoms with Gasteiger partial charge in [-0.25, -0.2) is 0 Å². The lowest BCUT2D eigenvalue weighted by Gasteiger charge is -2.30. The zero-order valence-corrected chi connectivity index (χ0v) is 22.4. The van der Waals surface area contributed by atoms with Gasteiger partial charge in [-0.1, -0.05) is 20.3 Å². The van der Waals surface area contributed by atoms with E-state index >= 15 is 0 Å². The first kappa shape index (κ1) is 33.7. The topological polar surface area (TPSA) is 286 Å². The Labute approximate surface area is 230 Å². The zero-order valence-electron chi connectivity index (χ0n) is 22.4.